The zero-order valence-electron chi connectivity index (χ0n) is 13.4. The maximum Gasteiger partial charge on any atom is 0.416 e. The van der Waals surface area contributed by atoms with Crippen LogP contribution in [-0.4, -0.2) is 11.8 Å². The Bertz CT molecular complexity index is 1050. The molecular weight excluding hydrogens is 364 g/mol. The van der Waals surface area contributed by atoms with Crippen LogP contribution in [-0.2, 0) is 15.8 Å². The van der Waals surface area contributed by atoms with Gasteiger partial charge in [0.15, 0.2) is 0 Å². The Hall–Kier alpha value is -3.42. The van der Waals surface area contributed by atoms with Gasteiger partial charge in [0.25, 0.3) is 11.8 Å². The van der Waals surface area contributed by atoms with Crippen molar-refractivity contribution in [1.29, 1.82) is 0 Å². The van der Waals surface area contributed by atoms with Gasteiger partial charge in [0.2, 0.25) is 0 Å². The second-order valence-corrected chi connectivity index (χ2v) is 5.97. The molecule has 2 aliphatic rings. The highest BCUT2D eigenvalue weighted by Gasteiger charge is 2.41. The number of benzene rings is 2. The number of hydrogen-bond acceptors (Lipinski definition) is 2. The highest BCUT2D eigenvalue weighted by Crippen LogP contribution is 2.39. The van der Waals surface area contributed by atoms with Gasteiger partial charge in [0.1, 0.15) is 5.82 Å². The number of nitrogens with one attached hydrogen (secondary N) is 2. The lowest BCUT2D eigenvalue weighted by Crippen LogP contribution is -2.21. The van der Waals surface area contributed by atoms with E-state index in [1.807, 2.05) is 0 Å². The van der Waals surface area contributed by atoms with Crippen LogP contribution in [0.1, 0.15) is 16.7 Å². The summed E-state index contributed by atoms with van der Waals surface area (Å²) in [6.07, 6.45) is -4.70. The zero-order valence-corrected chi connectivity index (χ0v) is 13.4. The van der Waals surface area contributed by atoms with Crippen LogP contribution >= 0.6 is 0 Å². The average molecular weight is 374 g/mol. The normalized spacial score (nSPS) is 16.6. The second kappa shape index (κ2) is 5.80. The Kier molecular flexibility index (Phi) is 3.66. The van der Waals surface area contributed by atoms with Crippen LogP contribution < -0.4 is 10.6 Å². The van der Waals surface area contributed by atoms with Crippen LogP contribution in [0.25, 0.3) is 11.4 Å². The minimum atomic E-state index is -4.70. The lowest BCUT2D eigenvalue weighted by atomic mass is 10.0. The summed E-state index contributed by atoms with van der Waals surface area (Å²) in [7, 11) is 0. The lowest BCUT2D eigenvalue weighted by Gasteiger charge is -2.11. The van der Waals surface area contributed by atoms with Crippen LogP contribution in [0.15, 0.2) is 59.7 Å². The molecule has 8 heteroatoms. The van der Waals surface area contributed by atoms with E-state index >= 15 is 0 Å². The van der Waals surface area contributed by atoms with Crippen molar-refractivity contribution in [3.63, 3.8) is 0 Å². The van der Waals surface area contributed by atoms with Gasteiger partial charge in [0, 0.05) is 5.56 Å². The largest absolute Gasteiger partial charge is 0.416 e. The number of alkyl halides is 3. The summed E-state index contributed by atoms with van der Waals surface area (Å²) < 4.78 is 52.5. The maximum atomic E-state index is 14.3. The molecule has 0 bridgehead atoms. The van der Waals surface area contributed by atoms with Gasteiger partial charge < -0.3 is 10.6 Å². The van der Waals surface area contributed by atoms with E-state index in [4.69, 9.17) is 0 Å². The summed E-state index contributed by atoms with van der Waals surface area (Å²) in [5.74, 6) is -2.44. The highest BCUT2D eigenvalue weighted by molar-refractivity contribution is 6.30. The minimum absolute atomic E-state index is 0.0421. The molecule has 2 aromatic rings. The van der Waals surface area contributed by atoms with Crippen molar-refractivity contribution >= 4 is 23.2 Å². The molecule has 27 heavy (non-hydrogen) atoms. The molecule has 2 N–H and O–H groups in total. The van der Waals surface area contributed by atoms with Crippen molar-refractivity contribution in [2.75, 3.05) is 0 Å². The van der Waals surface area contributed by atoms with Crippen molar-refractivity contribution in [3.8, 4) is 0 Å². The Labute approximate surface area is 150 Å². The monoisotopic (exact) mass is 374 g/mol. The molecule has 136 valence electrons. The highest BCUT2D eigenvalue weighted by atomic mass is 19.4. The molecule has 0 unspecified atom stereocenters. The van der Waals surface area contributed by atoms with Crippen LogP contribution in [0.5, 0.6) is 0 Å². The molecule has 4 rings (SSSR count). The number of hydrogen-bond donors (Lipinski definition) is 2. The fourth-order valence-electron chi connectivity index (χ4n) is 3.10. The third kappa shape index (κ3) is 2.69. The summed E-state index contributed by atoms with van der Waals surface area (Å²) in [5, 5.41) is 4.98. The first-order chi connectivity index (χ1) is 12.8. The molecule has 0 atom stereocenters. The Morgan fingerprint density at radius 1 is 0.778 bits per heavy atom. The molecule has 2 amide bonds. The lowest BCUT2D eigenvalue weighted by molar-refractivity contribution is -0.137. The van der Waals surface area contributed by atoms with Crippen molar-refractivity contribution in [2.45, 2.75) is 6.18 Å². The van der Waals surface area contributed by atoms with Crippen LogP contribution in [0.4, 0.5) is 17.6 Å². The van der Waals surface area contributed by atoms with Crippen molar-refractivity contribution in [1.82, 2.24) is 10.6 Å². The third-order valence-corrected chi connectivity index (χ3v) is 4.31. The van der Waals surface area contributed by atoms with Crippen molar-refractivity contribution in [2.24, 2.45) is 0 Å². The molecule has 0 fully saturated rings. The summed E-state index contributed by atoms with van der Waals surface area (Å²) in [5.41, 5.74) is -0.778. The standard InChI is InChI=1S/C19H10F4N2O2/c20-12-8-10(19(21,22)23)6-7-11(12)16-14-13(17(26)25-16)15(24-18(14)27)9-4-2-1-3-5-9/h1-8H,(H,24,27)(H,25,26). The van der Waals surface area contributed by atoms with Gasteiger partial charge in [-0.25, -0.2) is 4.39 Å². The minimum Gasteiger partial charge on any atom is -0.321 e. The Morgan fingerprint density at radius 3 is 1.96 bits per heavy atom. The van der Waals surface area contributed by atoms with Gasteiger partial charge in [-0.3, -0.25) is 9.59 Å². The Morgan fingerprint density at radius 2 is 1.37 bits per heavy atom. The summed E-state index contributed by atoms with van der Waals surface area (Å²) in [6.45, 7) is 0. The predicted molar refractivity (Wildman–Crippen MR) is 88.0 cm³/mol. The van der Waals surface area contributed by atoms with Gasteiger partial charge in [0.05, 0.1) is 28.1 Å². The van der Waals surface area contributed by atoms with Gasteiger partial charge >= 0.3 is 6.18 Å². The van der Waals surface area contributed by atoms with E-state index in [-0.39, 0.29) is 28.1 Å². The molecule has 2 heterocycles. The van der Waals surface area contributed by atoms with E-state index in [9.17, 15) is 27.2 Å². The van der Waals surface area contributed by atoms with Crippen molar-refractivity contribution < 1.29 is 27.2 Å². The topological polar surface area (TPSA) is 58.2 Å². The van der Waals surface area contributed by atoms with Gasteiger partial charge in [-0.15, -0.1) is 0 Å². The molecule has 2 aromatic carbocycles. The smallest absolute Gasteiger partial charge is 0.321 e. The number of rotatable bonds is 2. The molecule has 0 aliphatic carbocycles. The zero-order chi connectivity index (χ0) is 19.3. The number of amides is 2. The van der Waals surface area contributed by atoms with Gasteiger partial charge in [-0.05, 0) is 23.8 Å². The van der Waals surface area contributed by atoms with E-state index in [1.165, 1.54) is 0 Å². The summed E-state index contributed by atoms with van der Waals surface area (Å²) >= 11 is 0. The van der Waals surface area contributed by atoms with E-state index in [0.29, 0.717) is 17.7 Å². The number of carbonyl (C=O) groups is 2. The Balaban J connectivity index is 1.87. The average Bonchev–Trinajstić information content (AvgIpc) is 3.14. The number of carbonyl (C=O) groups excluding carboxylic acids is 2. The predicted octanol–water partition coefficient (Wildman–Crippen LogP) is 3.23. The van der Waals surface area contributed by atoms with Crippen LogP contribution in [0.3, 0.4) is 0 Å². The fraction of sp³-hybridized carbons (Fsp3) is 0.0526. The first-order valence-electron chi connectivity index (χ1n) is 7.81. The molecular formula is C19H10F4N2O2. The number of halogens is 4. The van der Waals surface area contributed by atoms with Crippen LogP contribution in [0, 0.1) is 5.82 Å². The fourth-order valence-corrected chi connectivity index (χ4v) is 3.10. The van der Waals surface area contributed by atoms with Crippen molar-refractivity contribution in [3.05, 3.63) is 82.2 Å². The first-order valence-corrected chi connectivity index (χ1v) is 7.81. The van der Waals surface area contributed by atoms with Crippen LogP contribution in [0.2, 0.25) is 0 Å². The molecule has 4 nitrogen and oxygen atoms in total. The molecule has 0 saturated heterocycles. The molecule has 2 aliphatic heterocycles. The quantitative estimate of drug-likeness (QED) is 0.793. The van der Waals surface area contributed by atoms with E-state index in [0.717, 1.165) is 6.07 Å². The first kappa shape index (κ1) is 17.0. The molecule has 0 saturated carbocycles. The molecule has 0 spiro atoms. The van der Waals surface area contributed by atoms with E-state index < -0.39 is 29.4 Å². The molecule has 0 aromatic heterocycles. The third-order valence-electron chi connectivity index (χ3n) is 4.31. The van der Waals surface area contributed by atoms with E-state index in [1.54, 1.807) is 30.3 Å². The number of fused-ring (bicyclic) bond motifs is 1. The second-order valence-electron chi connectivity index (χ2n) is 5.97. The van der Waals surface area contributed by atoms with E-state index in [2.05, 4.69) is 10.6 Å². The van der Waals surface area contributed by atoms with Gasteiger partial charge in [-0.1, -0.05) is 30.3 Å². The summed E-state index contributed by atoms with van der Waals surface area (Å²) in [4.78, 5) is 24.8. The SMILES string of the molecule is O=C1NC(c2ccc(C(F)(F)F)cc2F)=C2C(=O)NC(c3ccccc3)=C12. The summed E-state index contributed by atoms with van der Waals surface area (Å²) in [6, 6.07) is 10.5. The maximum absolute atomic E-state index is 14.3. The van der Waals surface area contributed by atoms with Gasteiger partial charge in [-0.2, -0.15) is 13.2 Å². The molecule has 0 radical (unpaired) electrons.